The van der Waals surface area contributed by atoms with Crippen LogP contribution in [0.25, 0.3) is 0 Å². The zero-order valence-corrected chi connectivity index (χ0v) is 38.9. The largest absolute Gasteiger partial charge is 0.338 e. The van der Waals surface area contributed by atoms with Gasteiger partial charge in [-0.2, -0.15) is 0 Å². The van der Waals surface area contributed by atoms with E-state index in [1.54, 1.807) is 21.6 Å². The highest BCUT2D eigenvalue weighted by Gasteiger charge is 2.05. The Labute approximate surface area is 365 Å². The van der Waals surface area contributed by atoms with Crippen molar-refractivity contribution in [2.45, 2.75) is 229 Å². The van der Waals surface area contributed by atoms with Gasteiger partial charge in [-0.05, 0) is 61.4 Å². The Morgan fingerprint density at radius 3 is 0.810 bits per heavy atom. The second-order valence-corrected chi connectivity index (χ2v) is 18.9. The molecule has 0 aliphatic carbocycles. The summed E-state index contributed by atoms with van der Waals surface area (Å²) in [5, 5.41) is 11.9. The van der Waals surface area contributed by atoms with Gasteiger partial charge in [-0.3, -0.25) is 0 Å². The normalized spacial score (nSPS) is 11.1. The Bertz CT molecular complexity index is 1130. The molecule has 0 saturated carbocycles. The summed E-state index contributed by atoms with van der Waals surface area (Å²) in [6, 6.07) is 15.6. The van der Waals surface area contributed by atoms with Crippen molar-refractivity contribution >= 4 is 45.0 Å². The molecular weight excluding hydrogens is 753 g/mol. The molecule has 0 radical (unpaired) electrons. The molecule has 6 nitrogen and oxygen atoms in total. The van der Waals surface area contributed by atoms with Crippen molar-refractivity contribution in [3.63, 3.8) is 0 Å². The van der Waals surface area contributed by atoms with Crippen LogP contribution in [-0.4, -0.2) is 25.2 Å². The smallest absolute Gasteiger partial charge is 0.319 e. The highest BCUT2D eigenvalue weighted by molar-refractivity contribution is 8.76. The zero-order valence-electron chi connectivity index (χ0n) is 37.3. The fourth-order valence-electron chi connectivity index (χ4n) is 7.38. The maximum absolute atomic E-state index is 12.4. The average Bonchev–Trinajstić information content (AvgIpc) is 3.23. The third kappa shape index (κ3) is 31.6. The molecule has 0 aliphatic heterocycles. The molecule has 2 rings (SSSR count). The van der Waals surface area contributed by atoms with Crippen molar-refractivity contribution < 1.29 is 9.59 Å². The lowest BCUT2D eigenvalue weighted by Crippen LogP contribution is -2.29. The first kappa shape index (κ1) is 51.8. The molecule has 0 fully saturated rings. The summed E-state index contributed by atoms with van der Waals surface area (Å²) < 4.78 is 0. The van der Waals surface area contributed by atoms with Crippen LogP contribution in [0.15, 0.2) is 58.3 Å². The molecule has 0 aromatic heterocycles. The van der Waals surface area contributed by atoms with Crippen LogP contribution < -0.4 is 21.3 Å². The van der Waals surface area contributed by atoms with E-state index >= 15 is 0 Å². The van der Waals surface area contributed by atoms with Crippen LogP contribution in [0.5, 0.6) is 0 Å². The molecule has 8 heteroatoms. The highest BCUT2D eigenvalue weighted by atomic mass is 33.1. The van der Waals surface area contributed by atoms with Crippen LogP contribution in [0.2, 0.25) is 0 Å². The van der Waals surface area contributed by atoms with Crippen molar-refractivity contribution in [3.8, 4) is 0 Å². The maximum atomic E-state index is 12.4. The topological polar surface area (TPSA) is 82.3 Å². The quantitative estimate of drug-likeness (QED) is 0.0399. The van der Waals surface area contributed by atoms with E-state index in [2.05, 4.69) is 35.1 Å². The van der Waals surface area contributed by atoms with Gasteiger partial charge in [0.05, 0.1) is 0 Å². The minimum atomic E-state index is -0.140. The second-order valence-electron chi connectivity index (χ2n) is 16.6. The fraction of sp³-hybridized carbons (Fsp3) is 0.720. The fourth-order valence-corrected chi connectivity index (χ4v) is 9.32. The van der Waals surface area contributed by atoms with Gasteiger partial charge in [0.2, 0.25) is 0 Å². The average molecular weight is 839 g/mol. The number of anilines is 2. The van der Waals surface area contributed by atoms with Crippen LogP contribution in [0.1, 0.15) is 219 Å². The van der Waals surface area contributed by atoms with Crippen LogP contribution in [0.4, 0.5) is 21.0 Å². The van der Waals surface area contributed by atoms with Crippen molar-refractivity contribution in [1.82, 2.24) is 10.6 Å². The molecule has 2 aromatic carbocycles. The molecule has 58 heavy (non-hydrogen) atoms. The molecular formula is C50H86N4O2S2. The predicted octanol–water partition coefficient (Wildman–Crippen LogP) is 17.3. The number of unbranched alkanes of at least 4 members (excludes halogenated alkanes) is 30. The first-order chi connectivity index (χ1) is 28.6. The van der Waals surface area contributed by atoms with Gasteiger partial charge in [0.1, 0.15) is 0 Å². The standard InChI is InChI=1S/C50H86N4O2S2/c1-3-5-7-9-11-13-15-17-19-21-23-25-27-29-31-33-43-51-49(55)53-45-35-39-47(40-36-45)57-58-48-41-37-46(38-42-48)54-50(56)52-44-34-32-30-28-26-24-22-20-18-16-14-12-10-8-6-4-2/h35-42H,3-34,43-44H2,1-2H3,(H2,51,53,55)(H2,52,54,56). The summed E-state index contributed by atoms with van der Waals surface area (Å²) in [4.78, 5) is 27.0. The van der Waals surface area contributed by atoms with E-state index in [0.29, 0.717) is 13.1 Å². The summed E-state index contributed by atoms with van der Waals surface area (Å²) in [5.41, 5.74) is 1.59. The Hall–Kier alpha value is -2.32. The predicted molar refractivity (Wildman–Crippen MR) is 258 cm³/mol. The lowest BCUT2D eigenvalue weighted by Gasteiger charge is -2.09. The lowest BCUT2D eigenvalue weighted by atomic mass is 10.0. The minimum Gasteiger partial charge on any atom is -0.338 e. The van der Waals surface area contributed by atoms with Crippen molar-refractivity contribution in [1.29, 1.82) is 0 Å². The third-order valence-corrected chi connectivity index (χ3v) is 13.5. The van der Waals surface area contributed by atoms with E-state index in [1.165, 1.54) is 193 Å². The second kappa shape index (κ2) is 38.9. The summed E-state index contributed by atoms with van der Waals surface area (Å²) >= 11 is 0. The van der Waals surface area contributed by atoms with Crippen LogP contribution in [0, 0.1) is 0 Å². The number of hydrogen-bond acceptors (Lipinski definition) is 4. The van der Waals surface area contributed by atoms with E-state index < -0.39 is 0 Å². The van der Waals surface area contributed by atoms with E-state index in [-0.39, 0.29) is 12.1 Å². The summed E-state index contributed by atoms with van der Waals surface area (Å²) in [5.74, 6) is 0. The van der Waals surface area contributed by atoms with E-state index in [0.717, 1.165) is 34.0 Å². The van der Waals surface area contributed by atoms with Crippen molar-refractivity contribution in [2.75, 3.05) is 23.7 Å². The summed E-state index contributed by atoms with van der Waals surface area (Å²) in [6.45, 7) is 6.00. The Balaban J connectivity index is 1.40. The van der Waals surface area contributed by atoms with Crippen molar-refractivity contribution in [2.24, 2.45) is 0 Å². The van der Waals surface area contributed by atoms with Gasteiger partial charge < -0.3 is 21.3 Å². The molecule has 4 N–H and O–H groups in total. The molecule has 0 atom stereocenters. The molecule has 0 spiro atoms. The number of rotatable bonds is 39. The number of benzene rings is 2. The number of hydrogen-bond donors (Lipinski definition) is 4. The minimum absolute atomic E-state index is 0.140. The van der Waals surface area contributed by atoms with Gasteiger partial charge in [0.25, 0.3) is 0 Å². The van der Waals surface area contributed by atoms with Gasteiger partial charge in [-0.15, -0.1) is 0 Å². The SMILES string of the molecule is CCCCCCCCCCCCCCCCCCNC(=O)Nc1ccc(SSc2ccc(NC(=O)NCCCCCCCCCCCCCCCCCC)cc2)cc1. The monoisotopic (exact) mass is 839 g/mol. The van der Waals surface area contributed by atoms with Gasteiger partial charge >= 0.3 is 12.1 Å². The highest BCUT2D eigenvalue weighted by Crippen LogP contribution is 2.38. The number of amides is 4. The number of nitrogens with one attached hydrogen (secondary N) is 4. The van der Waals surface area contributed by atoms with Crippen molar-refractivity contribution in [3.05, 3.63) is 48.5 Å². The molecule has 2 aromatic rings. The molecule has 0 bridgehead atoms. The Morgan fingerprint density at radius 2 is 0.569 bits per heavy atom. The summed E-state index contributed by atoms with van der Waals surface area (Å²) in [7, 11) is 3.34. The third-order valence-electron chi connectivity index (χ3n) is 11.1. The molecule has 0 unspecified atom stereocenters. The van der Waals surface area contributed by atoms with Gasteiger partial charge in [0, 0.05) is 34.3 Å². The molecule has 4 amide bonds. The van der Waals surface area contributed by atoms with Gasteiger partial charge in [0.15, 0.2) is 0 Å². The van der Waals surface area contributed by atoms with Crippen LogP contribution >= 0.6 is 21.6 Å². The first-order valence-electron chi connectivity index (χ1n) is 24.2. The zero-order chi connectivity index (χ0) is 41.4. The molecule has 330 valence electrons. The van der Waals surface area contributed by atoms with E-state index in [9.17, 15) is 9.59 Å². The van der Waals surface area contributed by atoms with E-state index in [4.69, 9.17) is 0 Å². The number of urea groups is 2. The van der Waals surface area contributed by atoms with Gasteiger partial charge in [-0.1, -0.05) is 228 Å². The van der Waals surface area contributed by atoms with Gasteiger partial charge in [-0.25, -0.2) is 9.59 Å². The van der Waals surface area contributed by atoms with Crippen LogP contribution in [0.3, 0.4) is 0 Å². The maximum Gasteiger partial charge on any atom is 0.319 e. The molecule has 0 saturated heterocycles. The number of carbonyl (C=O) groups excluding carboxylic acids is 2. The number of carbonyl (C=O) groups is 2. The summed E-state index contributed by atoms with van der Waals surface area (Å²) in [6.07, 6.45) is 43.2. The Kier molecular flexibility index (Phi) is 34.7. The first-order valence-corrected chi connectivity index (χ1v) is 26.4. The van der Waals surface area contributed by atoms with E-state index in [1.807, 2.05) is 48.5 Å². The Morgan fingerprint density at radius 1 is 0.345 bits per heavy atom. The molecule has 0 heterocycles. The van der Waals surface area contributed by atoms with Crippen LogP contribution in [-0.2, 0) is 0 Å². The lowest BCUT2D eigenvalue weighted by molar-refractivity contribution is 0.251. The molecule has 0 aliphatic rings.